The van der Waals surface area contributed by atoms with Gasteiger partial charge in [0, 0.05) is 19.7 Å². The van der Waals surface area contributed by atoms with Crippen LogP contribution in [0.2, 0.25) is 0 Å². The van der Waals surface area contributed by atoms with Gasteiger partial charge in [-0.15, -0.1) is 0 Å². The number of aromatic nitrogens is 1. The number of nitrogens with zero attached hydrogens (tertiary/aromatic N) is 2. The van der Waals surface area contributed by atoms with Crippen molar-refractivity contribution in [1.82, 2.24) is 4.57 Å². The van der Waals surface area contributed by atoms with Crippen molar-refractivity contribution in [2.24, 2.45) is 5.92 Å². The molecule has 2 aliphatic heterocycles. The van der Waals surface area contributed by atoms with E-state index >= 15 is 0 Å². The Bertz CT molecular complexity index is 1400. The zero-order valence-corrected chi connectivity index (χ0v) is 23.1. The predicted octanol–water partition coefficient (Wildman–Crippen LogP) is 4.79. The molecule has 3 atom stereocenters. The number of imide groups is 1. The van der Waals surface area contributed by atoms with Crippen LogP contribution in [-0.2, 0) is 25.7 Å². The molecule has 35 heavy (non-hydrogen) atoms. The van der Waals surface area contributed by atoms with Crippen LogP contribution in [0, 0.1) is 5.92 Å². The van der Waals surface area contributed by atoms with Crippen molar-refractivity contribution < 1.29 is 19.1 Å². The molecule has 7 nitrogen and oxygen atoms in total. The molecule has 11 heteroatoms. The van der Waals surface area contributed by atoms with Gasteiger partial charge in [-0.3, -0.25) is 23.7 Å². The molecule has 2 amide bonds. The van der Waals surface area contributed by atoms with Gasteiger partial charge in [-0.1, -0.05) is 67.1 Å². The lowest BCUT2D eigenvalue weighted by Crippen LogP contribution is -2.32. The van der Waals surface area contributed by atoms with Crippen molar-refractivity contribution in [3.8, 4) is 0 Å². The highest BCUT2D eigenvalue weighted by molar-refractivity contribution is 9.10. The molecule has 1 fully saturated rings. The highest BCUT2D eigenvalue weighted by Crippen LogP contribution is 2.54. The third-order valence-electron chi connectivity index (χ3n) is 5.93. The number of hydrogen-bond acceptors (Lipinski definition) is 7. The second-order valence-corrected chi connectivity index (χ2v) is 12.0. The zero-order valence-electron chi connectivity index (χ0n) is 18.3. The first kappa shape index (κ1) is 24.5. The largest absolute Gasteiger partial charge is 0.465 e. The summed E-state index contributed by atoms with van der Waals surface area (Å²) in [5.74, 6) is -2.36. The normalized spacial score (nSPS) is 21.1. The number of benzene rings is 2. The lowest BCUT2D eigenvalue weighted by molar-refractivity contribution is -0.144. The smallest absolute Gasteiger partial charge is 0.326 e. The van der Waals surface area contributed by atoms with Crippen LogP contribution in [0.15, 0.2) is 67.3 Å². The summed E-state index contributed by atoms with van der Waals surface area (Å²) in [4.78, 5) is 54.2. The summed E-state index contributed by atoms with van der Waals surface area (Å²) in [6.07, 6.45) is 0. The Morgan fingerprint density at radius 3 is 2.46 bits per heavy atom. The lowest BCUT2D eigenvalue weighted by Gasteiger charge is -2.30. The van der Waals surface area contributed by atoms with Gasteiger partial charge in [-0.05, 0) is 48.9 Å². The molecule has 0 N–H and O–H groups in total. The molecule has 5 rings (SSSR count). The standard InChI is InChI=1S/C24H18Br2N2O5S2/c1-2-33-16(29)11-27-23-20(35-24(27)32)17(12-4-3-5-14(26)10-12)18-19(34-23)22(31)28(21(18)30)15-8-6-13(25)7-9-15/h3-10,17-19H,2,11H2,1H3. The van der Waals surface area contributed by atoms with E-state index in [4.69, 9.17) is 4.74 Å². The van der Waals surface area contributed by atoms with Crippen LogP contribution in [0.5, 0.6) is 0 Å². The van der Waals surface area contributed by atoms with Gasteiger partial charge < -0.3 is 4.74 Å². The van der Waals surface area contributed by atoms with Crippen molar-refractivity contribution in [2.75, 3.05) is 11.5 Å². The van der Waals surface area contributed by atoms with E-state index in [2.05, 4.69) is 31.9 Å². The molecule has 0 saturated carbocycles. The molecule has 2 aliphatic rings. The van der Waals surface area contributed by atoms with Crippen LogP contribution in [-0.4, -0.2) is 34.2 Å². The van der Waals surface area contributed by atoms with Gasteiger partial charge in [0.2, 0.25) is 11.8 Å². The van der Waals surface area contributed by atoms with Gasteiger partial charge in [-0.2, -0.15) is 0 Å². The van der Waals surface area contributed by atoms with Gasteiger partial charge in [0.05, 0.1) is 23.2 Å². The van der Waals surface area contributed by atoms with E-state index in [1.54, 1.807) is 31.2 Å². The maximum absolute atomic E-state index is 13.8. The molecule has 0 radical (unpaired) electrons. The van der Waals surface area contributed by atoms with E-state index in [1.165, 1.54) is 21.2 Å². The summed E-state index contributed by atoms with van der Waals surface area (Å²) < 4.78 is 8.08. The van der Waals surface area contributed by atoms with Crippen LogP contribution in [0.3, 0.4) is 0 Å². The molecule has 0 aliphatic carbocycles. The molecule has 3 unspecified atom stereocenters. The maximum atomic E-state index is 13.8. The van der Waals surface area contributed by atoms with Crippen molar-refractivity contribution in [2.45, 2.75) is 29.7 Å². The van der Waals surface area contributed by atoms with Crippen LogP contribution >= 0.6 is 55.0 Å². The minimum Gasteiger partial charge on any atom is -0.465 e. The minimum atomic E-state index is -0.731. The van der Waals surface area contributed by atoms with E-state index in [-0.39, 0.29) is 29.8 Å². The second-order valence-electron chi connectivity index (χ2n) is 8.01. The Kier molecular flexibility index (Phi) is 6.77. The number of rotatable bonds is 5. The first-order chi connectivity index (χ1) is 16.8. The fraction of sp³-hybridized carbons (Fsp3) is 0.250. The van der Waals surface area contributed by atoms with E-state index < -0.39 is 23.1 Å². The van der Waals surface area contributed by atoms with E-state index in [0.717, 1.165) is 25.8 Å². The summed E-state index contributed by atoms with van der Waals surface area (Å²) in [6, 6.07) is 14.6. The Hall–Kier alpha value is -2.21. The number of amides is 2. The summed E-state index contributed by atoms with van der Waals surface area (Å²) in [7, 11) is 0. The fourth-order valence-corrected chi connectivity index (χ4v) is 7.95. The van der Waals surface area contributed by atoms with Gasteiger partial charge in [0.25, 0.3) is 0 Å². The van der Waals surface area contributed by atoms with Gasteiger partial charge in [0.1, 0.15) is 11.8 Å². The molecule has 3 heterocycles. The topological polar surface area (TPSA) is 85.7 Å². The first-order valence-electron chi connectivity index (χ1n) is 10.7. The van der Waals surface area contributed by atoms with E-state index in [9.17, 15) is 19.2 Å². The number of anilines is 1. The lowest BCUT2D eigenvalue weighted by atomic mass is 9.83. The Morgan fingerprint density at radius 2 is 1.77 bits per heavy atom. The predicted molar refractivity (Wildman–Crippen MR) is 141 cm³/mol. The van der Waals surface area contributed by atoms with Crippen molar-refractivity contribution in [3.63, 3.8) is 0 Å². The number of halogens is 2. The Morgan fingerprint density at radius 1 is 1.03 bits per heavy atom. The fourth-order valence-electron chi connectivity index (χ4n) is 4.49. The molecular weight excluding hydrogens is 620 g/mol. The molecule has 0 bridgehead atoms. The summed E-state index contributed by atoms with van der Waals surface area (Å²) in [6.45, 7) is 1.66. The number of esters is 1. The number of carbonyl (C=O) groups is 3. The van der Waals surface area contributed by atoms with Crippen molar-refractivity contribution >= 4 is 78.4 Å². The molecule has 0 spiro atoms. The number of carbonyl (C=O) groups excluding carboxylic acids is 3. The number of ether oxygens (including phenoxy) is 1. The highest BCUT2D eigenvalue weighted by Gasteiger charge is 2.56. The van der Waals surface area contributed by atoms with E-state index in [0.29, 0.717) is 15.6 Å². The quantitative estimate of drug-likeness (QED) is 0.295. The number of hydrogen-bond donors (Lipinski definition) is 0. The van der Waals surface area contributed by atoms with Crippen molar-refractivity contribution in [3.05, 3.63) is 77.6 Å². The molecule has 1 saturated heterocycles. The average molecular weight is 638 g/mol. The van der Waals surface area contributed by atoms with Crippen LogP contribution in [0.25, 0.3) is 0 Å². The first-order valence-corrected chi connectivity index (χ1v) is 14.0. The van der Waals surface area contributed by atoms with Crippen LogP contribution in [0.1, 0.15) is 23.3 Å². The summed E-state index contributed by atoms with van der Waals surface area (Å²) in [5, 5.41) is -0.192. The molecular formula is C24H18Br2N2O5S2. The number of fused-ring (bicyclic) bond motifs is 2. The van der Waals surface area contributed by atoms with Crippen LogP contribution in [0.4, 0.5) is 5.69 Å². The SMILES string of the molecule is CCOC(=O)Cn1c2c(sc1=O)C(c1cccc(Br)c1)C1C(=O)N(c3ccc(Br)cc3)C(=O)C1S2. The number of thiazole rings is 1. The van der Waals surface area contributed by atoms with Crippen molar-refractivity contribution in [1.29, 1.82) is 0 Å². The second kappa shape index (κ2) is 9.68. The highest BCUT2D eigenvalue weighted by atomic mass is 79.9. The zero-order chi connectivity index (χ0) is 24.9. The molecule has 1 aromatic heterocycles. The molecule has 180 valence electrons. The molecule has 3 aromatic rings. The summed E-state index contributed by atoms with van der Waals surface area (Å²) >= 11 is 9.08. The minimum absolute atomic E-state index is 0.202. The van der Waals surface area contributed by atoms with E-state index in [1.807, 2.05) is 24.3 Å². The Balaban J connectivity index is 1.65. The number of thioether (sulfide) groups is 1. The Labute approximate surface area is 225 Å². The van der Waals surface area contributed by atoms with Crippen LogP contribution < -0.4 is 9.77 Å². The van der Waals surface area contributed by atoms with Gasteiger partial charge >= 0.3 is 10.8 Å². The maximum Gasteiger partial charge on any atom is 0.326 e. The monoisotopic (exact) mass is 636 g/mol. The third kappa shape index (κ3) is 4.32. The third-order valence-corrected chi connectivity index (χ3v) is 9.56. The molecule has 2 aromatic carbocycles. The average Bonchev–Trinajstić information content (AvgIpc) is 3.26. The van der Waals surface area contributed by atoms with Gasteiger partial charge in [-0.25, -0.2) is 4.90 Å². The van der Waals surface area contributed by atoms with Gasteiger partial charge in [0.15, 0.2) is 0 Å². The summed E-state index contributed by atoms with van der Waals surface area (Å²) in [5.41, 5.74) is 1.32.